The van der Waals surface area contributed by atoms with E-state index in [1.165, 1.54) is 0 Å². The molecule has 1 aliphatic carbocycles. The summed E-state index contributed by atoms with van der Waals surface area (Å²) in [5.74, 6) is 0.370. The van der Waals surface area contributed by atoms with Gasteiger partial charge in [-0.25, -0.2) is 4.68 Å². The fourth-order valence-electron chi connectivity index (χ4n) is 2.64. The Kier molecular flexibility index (Phi) is 3.96. The number of amides is 1. The topological polar surface area (TPSA) is 46.9 Å². The average Bonchev–Trinajstić information content (AvgIpc) is 3.21. The van der Waals surface area contributed by atoms with Crippen LogP contribution in [-0.4, -0.2) is 21.7 Å². The molecule has 0 unspecified atom stereocenters. The molecule has 5 heteroatoms. The van der Waals surface area contributed by atoms with Crippen LogP contribution < -0.4 is 5.32 Å². The first kappa shape index (κ1) is 15.1. The normalized spacial score (nSPS) is 14.4. The van der Waals surface area contributed by atoms with Crippen LogP contribution in [-0.2, 0) is 0 Å². The van der Waals surface area contributed by atoms with Crippen molar-refractivity contribution in [3.8, 4) is 5.69 Å². The third-order valence-corrected chi connectivity index (χ3v) is 4.04. The van der Waals surface area contributed by atoms with Crippen LogP contribution in [0.4, 0.5) is 0 Å². The van der Waals surface area contributed by atoms with Crippen LogP contribution in [0.5, 0.6) is 0 Å². The molecule has 1 aromatic heterocycles. The highest BCUT2D eigenvalue weighted by Gasteiger charge is 2.33. The molecule has 1 aliphatic rings. The first-order valence-electron chi connectivity index (χ1n) is 7.63. The second-order valence-corrected chi connectivity index (χ2v) is 6.58. The van der Waals surface area contributed by atoms with E-state index in [1.54, 1.807) is 0 Å². The zero-order valence-corrected chi connectivity index (χ0v) is 13.8. The number of nitrogens with zero attached hydrogens (tertiary/aromatic N) is 2. The van der Waals surface area contributed by atoms with Crippen molar-refractivity contribution in [2.75, 3.05) is 0 Å². The van der Waals surface area contributed by atoms with E-state index in [-0.39, 0.29) is 11.9 Å². The van der Waals surface area contributed by atoms with Crippen molar-refractivity contribution in [3.63, 3.8) is 0 Å². The molecule has 116 valence electrons. The zero-order chi connectivity index (χ0) is 15.9. The Morgan fingerprint density at radius 2 is 2.14 bits per heavy atom. The maximum atomic E-state index is 12.6. The van der Waals surface area contributed by atoms with Gasteiger partial charge in [-0.15, -0.1) is 0 Å². The maximum absolute atomic E-state index is 12.6. The number of carbonyl (C=O) groups is 1. The van der Waals surface area contributed by atoms with Crippen LogP contribution >= 0.6 is 11.6 Å². The van der Waals surface area contributed by atoms with Crippen molar-refractivity contribution in [1.29, 1.82) is 0 Å². The molecular weight excluding hydrogens is 298 g/mol. The van der Waals surface area contributed by atoms with Gasteiger partial charge in [0.25, 0.3) is 5.91 Å². The molecule has 22 heavy (non-hydrogen) atoms. The van der Waals surface area contributed by atoms with Gasteiger partial charge < -0.3 is 5.32 Å². The third kappa shape index (κ3) is 2.88. The van der Waals surface area contributed by atoms with Gasteiger partial charge in [-0.05, 0) is 51.8 Å². The molecule has 0 spiro atoms. The maximum Gasteiger partial charge on any atom is 0.255 e. The molecule has 1 heterocycles. The van der Waals surface area contributed by atoms with Crippen molar-refractivity contribution in [1.82, 2.24) is 15.1 Å². The van der Waals surface area contributed by atoms with Crippen molar-refractivity contribution >= 4 is 17.5 Å². The summed E-state index contributed by atoms with van der Waals surface area (Å²) >= 11 is 6.08. The molecule has 1 N–H and O–H groups in total. The fraction of sp³-hybridized carbons (Fsp3) is 0.412. The van der Waals surface area contributed by atoms with Crippen LogP contribution in [0.25, 0.3) is 5.69 Å². The van der Waals surface area contributed by atoms with Crippen LogP contribution in [0.1, 0.15) is 54.4 Å². The molecule has 4 nitrogen and oxygen atoms in total. The predicted molar refractivity (Wildman–Crippen MR) is 87.9 cm³/mol. The van der Waals surface area contributed by atoms with Gasteiger partial charge in [0.2, 0.25) is 0 Å². The summed E-state index contributed by atoms with van der Waals surface area (Å²) in [6.07, 6.45) is 2.21. The van der Waals surface area contributed by atoms with Gasteiger partial charge >= 0.3 is 0 Å². The minimum Gasteiger partial charge on any atom is -0.350 e. The van der Waals surface area contributed by atoms with Gasteiger partial charge in [0.05, 0.1) is 22.6 Å². The SMILES string of the molecule is Cc1c(C(=O)NC(C)C)c(C2CC2)nn1-c1cccc(Cl)c1. The Bertz CT molecular complexity index is 717. The van der Waals surface area contributed by atoms with E-state index in [4.69, 9.17) is 16.7 Å². The van der Waals surface area contributed by atoms with Crippen LogP contribution in [0.2, 0.25) is 5.02 Å². The predicted octanol–water partition coefficient (Wildman–Crippen LogP) is 3.85. The molecule has 0 saturated heterocycles. The Morgan fingerprint density at radius 3 is 2.73 bits per heavy atom. The standard InChI is InChI=1S/C17H20ClN3O/c1-10(2)19-17(22)15-11(3)21(20-16(15)12-7-8-12)14-6-4-5-13(18)9-14/h4-6,9-10,12H,7-8H2,1-3H3,(H,19,22). The lowest BCUT2D eigenvalue weighted by molar-refractivity contribution is 0.0941. The lowest BCUT2D eigenvalue weighted by Gasteiger charge is -2.09. The third-order valence-electron chi connectivity index (χ3n) is 3.81. The van der Waals surface area contributed by atoms with E-state index < -0.39 is 0 Å². The molecule has 0 bridgehead atoms. The summed E-state index contributed by atoms with van der Waals surface area (Å²) in [5.41, 5.74) is 3.38. The second-order valence-electron chi connectivity index (χ2n) is 6.14. The molecular formula is C17H20ClN3O. The lowest BCUT2D eigenvalue weighted by atomic mass is 10.1. The summed E-state index contributed by atoms with van der Waals surface area (Å²) in [6, 6.07) is 7.64. The van der Waals surface area contributed by atoms with Gasteiger partial charge in [0.15, 0.2) is 0 Å². The minimum absolute atomic E-state index is 0.0392. The van der Waals surface area contributed by atoms with Gasteiger partial charge in [0, 0.05) is 17.0 Å². The van der Waals surface area contributed by atoms with Crippen molar-refractivity contribution < 1.29 is 4.79 Å². The van der Waals surface area contributed by atoms with E-state index >= 15 is 0 Å². The highest BCUT2D eigenvalue weighted by Crippen LogP contribution is 2.42. The average molecular weight is 318 g/mol. The Hall–Kier alpha value is -1.81. The van der Waals surface area contributed by atoms with Crippen LogP contribution in [0.3, 0.4) is 0 Å². The van der Waals surface area contributed by atoms with Gasteiger partial charge in [-0.1, -0.05) is 17.7 Å². The fourth-order valence-corrected chi connectivity index (χ4v) is 2.83. The first-order valence-corrected chi connectivity index (χ1v) is 8.01. The molecule has 1 fully saturated rings. The van der Waals surface area contributed by atoms with E-state index in [0.717, 1.165) is 35.5 Å². The number of hydrogen-bond donors (Lipinski definition) is 1. The van der Waals surface area contributed by atoms with Crippen molar-refractivity contribution in [2.24, 2.45) is 0 Å². The monoisotopic (exact) mass is 317 g/mol. The molecule has 1 amide bonds. The number of halogens is 1. The van der Waals surface area contributed by atoms with E-state index in [2.05, 4.69) is 5.32 Å². The van der Waals surface area contributed by atoms with Crippen molar-refractivity contribution in [3.05, 3.63) is 46.2 Å². The first-order chi connectivity index (χ1) is 10.5. The van der Waals surface area contributed by atoms with E-state index in [9.17, 15) is 4.79 Å². The zero-order valence-electron chi connectivity index (χ0n) is 13.1. The minimum atomic E-state index is -0.0392. The molecule has 2 aromatic rings. The number of carbonyl (C=O) groups excluding carboxylic acids is 1. The quantitative estimate of drug-likeness (QED) is 0.931. The molecule has 0 aliphatic heterocycles. The van der Waals surface area contributed by atoms with Crippen molar-refractivity contribution in [2.45, 2.75) is 45.6 Å². The van der Waals surface area contributed by atoms with Crippen LogP contribution in [0, 0.1) is 6.92 Å². The van der Waals surface area contributed by atoms with E-state index in [1.807, 2.05) is 49.7 Å². The van der Waals surface area contributed by atoms with Crippen LogP contribution in [0.15, 0.2) is 24.3 Å². The number of hydrogen-bond acceptors (Lipinski definition) is 2. The second kappa shape index (κ2) is 5.76. The summed E-state index contributed by atoms with van der Waals surface area (Å²) < 4.78 is 1.83. The van der Waals surface area contributed by atoms with E-state index in [0.29, 0.717) is 10.9 Å². The molecule has 3 rings (SSSR count). The summed E-state index contributed by atoms with van der Waals surface area (Å²) in [6.45, 7) is 5.87. The largest absolute Gasteiger partial charge is 0.350 e. The summed E-state index contributed by atoms with van der Waals surface area (Å²) in [5, 5.41) is 8.35. The van der Waals surface area contributed by atoms with Gasteiger partial charge in [-0.2, -0.15) is 5.10 Å². The highest BCUT2D eigenvalue weighted by molar-refractivity contribution is 6.30. The molecule has 1 saturated carbocycles. The number of aromatic nitrogens is 2. The molecule has 1 aromatic carbocycles. The number of nitrogens with one attached hydrogen (secondary N) is 1. The summed E-state index contributed by atoms with van der Waals surface area (Å²) in [4.78, 5) is 12.6. The Balaban J connectivity index is 2.08. The van der Waals surface area contributed by atoms with Gasteiger partial charge in [0.1, 0.15) is 0 Å². The molecule has 0 atom stereocenters. The smallest absolute Gasteiger partial charge is 0.255 e. The number of rotatable bonds is 4. The number of benzene rings is 1. The van der Waals surface area contributed by atoms with Gasteiger partial charge in [-0.3, -0.25) is 4.79 Å². The Labute approximate surface area is 135 Å². The highest BCUT2D eigenvalue weighted by atomic mass is 35.5. The lowest BCUT2D eigenvalue weighted by Crippen LogP contribution is -2.31. The Morgan fingerprint density at radius 1 is 1.41 bits per heavy atom. The molecule has 0 radical (unpaired) electrons. The summed E-state index contributed by atoms with van der Waals surface area (Å²) in [7, 11) is 0.